The number of benzene rings is 1. The lowest BCUT2D eigenvalue weighted by Crippen LogP contribution is -2.44. The summed E-state index contributed by atoms with van der Waals surface area (Å²) >= 11 is 0. The number of rotatable bonds is 2. The van der Waals surface area contributed by atoms with Crippen molar-refractivity contribution in [2.24, 2.45) is 0 Å². The molecule has 2 rings (SSSR count). The largest absolute Gasteiger partial charge is 0.389 e. The number of likely N-dealkylation sites (tertiary alicyclic amines) is 1. The van der Waals surface area contributed by atoms with E-state index in [2.05, 4.69) is 11.9 Å². The Morgan fingerprint density at radius 1 is 1.35 bits per heavy atom. The van der Waals surface area contributed by atoms with Crippen molar-refractivity contribution in [1.29, 1.82) is 0 Å². The van der Waals surface area contributed by atoms with Crippen molar-refractivity contribution in [2.45, 2.75) is 31.8 Å². The second-order valence-electron chi connectivity index (χ2n) is 5.28. The monoisotopic (exact) mass is 237 g/mol. The summed E-state index contributed by atoms with van der Waals surface area (Å²) in [4.78, 5) is 2.23. The van der Waals surface area contributed by atoms with Gasteiger partial charge in [0.05, 0.1) is 5.60 Å². The smallest absolute Gasteiger partial charge is 0.123 e. The van der Waals surface area contributed by atoms with E-state index >= 15 is 0 Å². The quantitative estimate of drug-likeness (QED) is 0.852. The molecule has 2 nitrogen and oxygen atoms in total. The predicted octanol–water partition coefficient (Wildman–Crippen LogP) is 2.13. The zero-order chi connectivity index (χ0) is 12.5. The van der Waals surface area contributed by atoms with Gasteiger partial charge in [-0.05, 0) is 50.1 Å². The summed E-state index contributed by atoms with van der Waals surface area (Å²) in [7, 11) is 2.07. The lowest BCUT2D eigenvalue weighted by molar-refractivity contribution is -0.0151. The summed E-state index contributed by atoms with van der Waals surface area (Å²) in [6, 6.07) is 4.80. The van der Waals surface area contributed by atoms with Gasteiger partial charge in [-0.1, -0.05) is 6.07 Å². The van der Waals surface area contributed by atoms with Gasteiger partial charge in [-0.15, -0.1) is 0 Å². The highest BCUT2D eigenvalue weighted by atomic mass is 19.1. The van der Waals surface area contributed by atoms with Gasteiger partial charge in [0, 0.05) is 19.5 Å². The minimum atomic E-state index is -0.616. The third-order valence-electron chi connectivity index (χ3n) is 3.74. The molecule has 0 radical (unpaired) electrons. The Bertz CT molecular complexity index is 397. The van der Waals surface area contributed by atoms with Crippen LogP contribution in [0.2, 0.25) is 0 Å². The van der Waals surface area contributed by atoms with Crippen molar-refractivity contribution in [2.75, 3.05) is 20.1 Å². The van der Waals surface area contributed by atoms with E-state index in [1.165, 1.54) is 12.1 Å². The van der Waals surface area contributed by atoms with Crippen LogP contribution in [0.5, 0.6) is 0 Å². The summed E-state index contributed by atoms with van der Waals surface area (Å²) in [5.41, 5.74) is 1.37. The molecule has 1 saturated heterocycles. The Hall–Kier alpha value is -0.930. The van der Waals surface area contributed by atoms with Gasteiger partial charge in [0.25, 0.3) is 0 Å². The van der Waals surface area contributed by atoms with E-state index in [-0.39, 0.29) is 5.82 Å². The zero-order valence-corrected chi connectivity index (χ0v) is 10.5. The van der Waals surface area contributed by atoms with Gasteiger partial charge < -0.3 is 10.0 Å². The molecule has 3 heteroatoms. The number of nitrogens with zero attached hydrogens (tertiary/aromatic N) is 1. The number of aliphatic hydroxyl groups is 1. The third-order valence-corrected chi connectivity index (χ3v) is 3.74. The maximum atomic E-state index is 13.0. The Morgan fingerprint density at radius 3 is 2.59 bits per heavy atom. The highest BCUT2D eigenvalue weighted by Gasteiger charge is 2.31. The van der Waals surface area contributed by atoms with Crippen LogP contribution in [0.4, 0.5) is 4.39 Å². The molecule has 17 heavy (non-hydrogen) atoms. The second-order valence-corrected chi connectivity index (χ2v) is 5.28. The zero-order valence-electron chi connectivity index (χ0n) is 10.5. The number of hydrogen-bond donors (Lipinski definition) is 1. The SMILES string of the molecule is Cc1cc(F)ccc1CC1(O)CCN(C)CC1. The van der Waals surface area contributed by atoms with Crippen molar-refractivity contribution in [3.63, 3.8) is 0 Å². The van der Waals surface area contributed by atoms with Crippen LogP contribution in [0, 0.1) is 12.7 Å². The lowest BCUT2D eigenvalue weighted by Gasteiger charge is -2.37. The van der Waals surface area contributed by atoms with Gasteiger partial charge in [0.15, 0.2) is 0 Å². The first-order valence-electron chi connectivity index (χ1n) is 6.14. The molecule has 0 saturated carbocycles. The van der Waals surface area contributed by atoms with E-state index < -0.39 is 5.60 Å². The maximum Gasteiger partial charge on any atom is 0.123 e. The predicted molar refractivity (Wildman–Crippen MR) is 66.5 cm³/mol. The van der Waals surface area contributed by atoms with Crippen molar-refractivity contribution >= 4 is 0 Å². The van der Waals surface area contributed by atoms with Crippen LogP contribution in [0.3, 0.4) is 0 Å². The molecule has 0 spiro atoms. The number of piperidine rings is 1. The van der Waals surface area contributed by atoms with E-state index in [4.69, 9.17) is 0 Å². The van der Waals surface area contributed by atoms with Crippen LogP contribution >= 0.6 is 0 Å². The molecule has 94 valence electrons. The molecule has 0 bridgehead atoms. The molecule has 1 N–H and O–H groups in total. The van der Waals surface area contributed by atoms with E-state index in [9.17, 15) is 9.50 Å². The fourth-order valence-corrected chi connectivity index (χ4v) is 2.42. The highest BCUT2D eigenvalue weighted by Crippen LogP contribution is 2.27. The number of aryl methyl sites for hydroxylation is 1. The second kappa shape index (κ2) is 4.75. The standard InChI is InChI=1S/C14H20FNO/c1-11-9-13(15)4-3-12(11)10-14(17)5-7-16(2)8-6-14/h3-4,9,17H,5-8,10H2,1-2H3. The van der Waals surface area contributed by atoms with Gasteiger partial charge in [-0.2, -0.15) is 0 Å². The van der Waals surface area contributed by atoms with E-state index in [1.807, 2.05) is 6.92 Å². The maximum absolute atomic E-state index is 13.0. The molecule has 1 aromatic rings. The molecule has 1 aliphatic rings. The highest BCUT2D eigenvalue weighted by molar-refractivity contribution is 5.28. The molecule has 0 aliphatic carbocycles. The first-order valence-corrected chi connectivity index (χ1v) is 6.14. The minimum absolute atomic E-state index is 0.207. The Balaban J connectivity index is 2.09. The van der Waals surface area contributed by atoms with Crippen LogP contribution in [-0.4, -0.2) is 35.7 Å². The Kier molecular flexibility index (Phi) is 3.50. The fraction of sp³-hybridized carbons (Fsp3) is 0.571. The molecule has 1 aliphatic heterocycles. The van der Waals surface area contributed by atoms with Gasteiger partial charge in [-0.3, -0.25) is 0 Å². The van der Waals surface area contributed by atoms with Crippen LogP contribution in [0.1, 0.15) is 24.0 Å². The van der Waals surface area contributed by atoms with Crippen molar-refractivity contribution in [3.05, 3.63) is 35.1 Å². The molecular weight excluding hydrogens is 217 g/mol. The van der Waals surface area contributed by atoms with Gasteiger partial charge >= 0.3 is 0 Å². The lowest BCUT2D eigenvalue weighted by atomic mass is 9.84. The topological polar surface area (TPSA) is 23.5 Å². The Labute approximate surface area is 102 Å². The van der Waals surface area contributed by atoms with Crippen molar-refractivity contribution in [3.8, 4) is 0 Å². The average Bonchev–Trinajstić information content (AvgIpc) is 2.27. The van der Waals surface area contributed by atoms with Crippen molar-refractivity contribution in [1.82, 2.24) is 4.90 Å². The molecular formula is C14H20FNO. The molecule has 1 heterocycles. The molecule has 0 aromatic heterocycles. The summed E-state index contributed by atoms with van der Waals surface area (Å²) < 4.78 is 13.0. The fourth-order valence-electron chi connectivity index (χ4n) is 2.42. The summed E-state index contributed by atoms with van der Waals surface area (Å²) in [5.74, 6) is -0.207. The van der Waals surface area contributed by atoms with E-state index in [0.29, 0.717) is 6.42 Å². The minimum Gasteiger partial charge on any atom is -0.389 e. The number of hydrogen-bond acceptors (Lipinski definition) is 2. The van der Waals surface area contributed by atoms with Gasteiger partial charge in [0.2, 0.25) is 0 Å². The normalized spacial score (nSPS) is 20.5. The van der Waals surface area contributed by atoms with Crippen LogP contribution in [0.15, 0.2) is 18.2 Å². The van der Waals surface area contributed by atoms with Gasteiger partial charge in [-0.25, -0.2) is 4.39 Å². The van der Waals surface area contributed by atoms with Crippen LogP contribution < -0.4 is 0 Å². The number of halogens is 1. The van der Waals surface area contributed by atoms with E-state index in [1.54, 1.807) is 6.07 Å². The third kappa shape index (κ3) is 3.05. The average molecular weight is 237 g/mol. The molecule has 0 unspecified atom stereocenters. The van der Waals surface area contributed by atoms with Crippen LogP contribution in [0.25, 0.3) is 0 Å². The molecule has 0 atom stereocenters. The first kappa shape index (κ1) is 12.5. The van der Waals surface area contributed by atoms with Crippen molar-refractivity contribution < 1.29 is 9.50 Å². The molecule has 0 amide bonds. The van der Waals surface area contributed by atoms with Crippen LogP contribution in [-0.2, 0) is 6.42 Å². The molecule has 1 aromatic carbocycles. The summed E-state index contributed by atoms with van der Waals surface area (Å²) in [6.45, 7) is 3.75. The summed E-state index contributed by atoms with van der Waals surface area (Å²) in [5, 5.41) is 10.5. The van der Waals surface area contributed by atoms with Gasteiger partial charge in [0.1, 0.15) is 5.82 Å². The Morgan fingerprint density at radius 2 is 2.00 bits per heavy atom. The molecule has 1 fully saturated rings. The van der Waals surface area contributed by atoms with E-state index in [0.717, 1.165) is 37.1 Å². The first-order chi connectivity index (χ1) is 7.98. The summed E-state index contributed by atoms with van der Waals surface area (Å²) in [6.07, 6.45) is 2.22.